The van der Waals surface area contributed by atoms with E-state index in [4.69, 9.17) is 4.74 Å². The van der Waals surface area contributed by atoms with Gasteiger partial charge >= 0.3 is 0 Å². The second-order valence-electron chi connectivity index (χ2n) is 5.50. The molecule has 0 aliphatic carbocycles. The van der Waals surface area contributed by atoms with Crippen LogP contribution in [0.25, 0.3) is 0 Å². The molecular formula is C16H26FNO. The summed E-state index contributed by atoms with van der Waals surface area (Å²) in [4.78, 5) is 0. The average molecular weight is 267 g/mol. The summed E-state index contributed by atoms with van der Waals surface area (Å²) in [5.74, 6) is 0.651. The highest BCUT2D eigenvalue weighted by molar-refractivity contribution is 5.37. The second-order valence-corrected chi connectivity index (χ2v) is 5.50. The van der Waals surface area contributed by atoms with Gasteiger partial charge in [-0.25, -0.2) is 4.39 Å². The minimum Gasteiger partial charge on any atom is -0.487 e. The highest BCUT2D eigenvalue weighted by atomic mass is 19.1. The maximum absolute atomic E-state index is 14.0. The summed E-state index contributed by atoms with van der Waals surface area (Å²) in [6, 6.07) is 5.20. The topological polar surface area (TPSA) is 21.3 Å². The monoisotopic (exact) mass is 267 g/mol. The van der Waals surface area contributed by atoms with Crippen molar-refractivity contribution in [2.75, 3.05) is 6.54 Å². The van der Waals surface area contributed by atoms with Gasteiger partial charge in [-0.3, -0.25) is 0 Å². The molecule has 1 aromatic carbocycles. The number of ether oxygens (including phenoxy) is 1. The number of hydrogen-bond acceptors (Lipinski definition) is 2. The molecule has 0 amide bonds. The van der Waals surface area contributed by atoms with Crippen molar-refractivity contribution in [1.29, 1.82) is 0 Å². The molecule has 2 unspecified atom stereocenters. The van der Waals surface area contributed by atoms with Crippen LogP contribution < -0.4 is 10.1 Å². The zero-order chi connectivity index (χ0) is 14.4. The second kappa shape index (κ2) is 7.49. The van der Waals surface area contributed by atoms with Crippen LogP contribution >= 0.6 is 0 Å². The van der Waals surface area contributed by atoms with Gasteiger partial charge in [0.2, 0.25) is 0 Å². The number of para-hydroxylation sites is 1. The van der Waals surface area contributed by atoms with E-state index in [2.05, 4.69) is 19.2 Å². The van der Waals surface area contributed by atoms with E-state index in [-0.39, 0.29) is 18.0 Å². The van der Waals surface area contributed by atoms with E-state index in [0.29, 0.717) is 11.7 Å². The third-order valence-electron chi connectivity index (χ3n) is 3.10. The molecule has 0 heterocycles. The molecule has 0 radical (unpaired) electrons. The van der Waals surface area contributed by atoms with Crippen LogP contribution in [0.15, 0.2) is 18.2 Å². The first-order chi connectivity index (χ1) is 8.95. The Kier molecular flexibility index (Phi) is 6.29. The molecule has 1 N–H and O–H groups in total. The lowest BCUT2D eigenvalue weighted by Crippen LogP contribution is -2.21. The molecule has 0 aliphatic rings. The van der Waals surface area contributed by atoms with Crippen molar-refractivity contribution in [3.8, 4) is 5.75 Å². The fraction of sp³-hybridized carbons (Fsp3) is 0.625. The van der Waals surface area contributed by atoms with Gasteiger partial charge in [0.1, 0.15) is 0 Å². The molecule has 0 aromatic heterocycles. The molecule has 0 saturated heterocycles. The molecule has 19 heavy (non-hydrogen) atoms. The number of benzene rings is 1. The van der Waals surface area contributed by atoms with E-state index in [0.717, 1.165) is 18.5 Å². The molecule has 1 rings (SSSR count). The van der Waals surface area contributed by atoms with Gasteiger partial charge in [0.05, 0.1) is 6.10 Å². The lowest BCUT2D eigenvalue weighted by Gasteiger charge is -2.22. The van der Waals surface area contributed by atoms with Crippen LogP contribution in [0.4, 0.5) is 4.39 Å². The zero-order valence-corrected chi connectivity index (χ0v) is 12.7. The van der Waals surface area contributed by atoms with E-state index in [9.17, 15) is 4.39 Å². The molecule has 2 atom stereocenters. The Morgan fingerprint density at radius 2 is 1.89 bits per heavy atom. The standard InChI is InChI=1S/C16H26FNO/c1-6-18-13(5)14-8-7-9-15(17)16(14)19-12(4)10-11(2)3/h7-9,11-13,18H,6,10H2,1-5H3. The third-order valence-corrected chi connectivity index (χ3v) is 3.10. The van der Waals surface area contributed by atoms with Crippen molar-refractivity contribution in [2.45, 2.75) is 53.2 Å². The molecular weight excluding hydrogens is 241 g/mol. The van der Waals surface area contributed by atoms with Crippen LogP contribution in [0.1, 0.15) is 52.6 Å². The normalized spacial score (nSPS) is 14.5. The van der Waals surface area contributed by atoms with Crippen LogP contribution in [-0.4, -0.2) is 12.6 Å². The van der Waals surface area contributed by atoms with Crippen molar-refractivity contribution < 1.29 is 9.13 Å². The van der Waals surface area contributed by atoms with Crippen molar-refractivity contribution in [2.24, 2.45) is 5.92 Å². The summed E-state index contributed by atoms with van der Waals surface area (Å²) in [5, 5.41) is 3.30. The lowest BCUT2D eigenvalue weighted by molar-refractivity contribution is 0.182. The Balaban J connectivity index is 2.91. The fourth-order valence-corrected chi connectivity index (χ4v) is 2.32. The summed E-state index contributed by atoms with van der Waals surface area (Å²) < 4.78 is 19.8. The Morgan fingerprint density at radius 3 is 2.47 bits per heavy atom. The molecule has 1 aromatic rings. The van der Waals surface area contributed by atoms with Gasteiger partial charge in [-0.2, -0.15) is 0 Å². The van der Waals surface area contributed by atoms with Crippen molar-refractivity contribution >= 4 is 0 Å². The molecule has 0 bridgehead atoms. The van der Waals surface area contributed by atoms with E-state index in [1.165, 1.54) is 6.07 Å². The van der Waals surface area contributed by atoms with E-state index < -0.39 is 0 Å². The number of halogens is 1. The quantitative estimate of drug-likeness (QED) is 0.795. The average Bonchev–Trinajstić information content (AvgIpc) is 2.31. The van der Waals surface area contributed by atoms with Crippen molar-refractivity contribution in [1.82, 2.24) is 5.32 Å². The van der Waals surface area contributed by atoms with Gasteiger partial charge < -0.3 is 10.1 Å². The van der Waals surface area contributed by atoms with Gasteiger partial charge in [-0.15, -0.1) is 0 Å². The Hall–Kier alpha value is -1.09. The summed E-state index contributed by atoms with van der Waals surface area (Å²) in [6.45, 7) is 11.2. The highest BCUT2D eigenvalue weighted by Crippen LogP contribution is 2.29. The SMILES string of the molecule is CCNC(C)c1cccc(F)c1OC(C)CC(C)C. The minimum atomic E-state index is -0.280. The summed E-state index contributed by atoms with van der Waals surface area (Å²) in [6.07, 6.45) is 0.938. The molecule has 3 heteroatoms. The van der Waals surface area contributed by atoms with Gasteiger partial charge in [-0.1, -0.05) is 32.9 Å². The molecule has 2 nitrogen and oxygen atoms in total. The zero-order valence-electron chi connectivity index (χ0n) is 12.7. The minimum absolute atomic E-state index is 0.0180. The smallest absolute Gasteiger partial charge is 0.165 e. The molecule has 0 saturated carbocycles. The lowest BCUT2D eigenvalue weighted by atomic mass is 10.1. The summed E-state index contributed by atoms with van der Waals surface area (Å²) in [5.41, 5.74) is 0.887. The van der Waals surface area contributed by atoms with Gasteiger partial charge in [0, 0.05) is 11.6 Å². The van der Waals surface area contributed by atoms with Gasteiger partial charge in [-0.05, 0) is 38.8 Å². The molecule has 0 aliphatic heterocycles. The molecule has 0 spiro atoms. The maximum atomic E-state index is 14.0. The largest absolute Gasteiger partial charge is 0.487 e. The summed E-state index contributed by atoms with van der Waals surface area (Å²) >= 11 is 0. The first-order valence-corrected chi connectivity index (χ1v) is 7.14. The van der Waals surface area contributed by atoms with Gasteiger partial charge in [0.15, 0.2) is 11.6 Å². The maximum Gasteiger partial charge on any atom is 0.165 e. The highest BCUT2D eigenvalue weighted by Gasteiger charge is 2.17. The van der Waals surface area contributed by atoms with Crippen LogP contribution in [0, 0.1) is 11.7 Å². The number of hydrogen-bond donors (Lipinski definition) is 1. The Bertz CT molecular complexity index is 392. The van der Waals surface area contributed by atoms with E-state index >= 15 is 0 Å². The van der Waals surface area contributed by atoms with Crippen LogP contribution in [-0.2, 0) is 0 Å². The molecule has 108 valence electrons. The fourth-order valence-electron chi connectivity index (χ4n) is 2.32. The summed E-state index contributed by atoms with van der Waals surface area (Å²) in [7, 11) is 0. The number of nitrogens with one attached hydrogen (secondary N) is 1. The Labute approximate surface area is 116 Å². The molecule has 0 fully saturated rings. The first kappa shape index (κ1) is 16.0. The van der Waals surface area contributed by atoms with Crippen LogP contribution in [0.5, 0.6) is 5.75 Å². The Morgan fingerprint density at radius 1 is 1.21 bits per heavy atom. The van der Waals surface area contributed by atoms with E-state index in [1.54, 1.807) is 6.07 Å². The van der Waals surface area contributed by atoms with Crippen molar-refractivity contribution in [3.05, 3.63) is 29.6 Å². The van der Waals surface area contributed by atoms with Crippen molar-refractivity contribution in [3.63, 3.8) is 0 Å². The van der Waals surface area contributed by atoms with E-state index in [1.807, 2.05) is 26.8 Å². The van der Waals surface area contributed by atoms with Crippen LogP contribution in [0.3, 0.4) is 0 Å². The van der Waals surface area contributed by atoms with Gasteiger partial charge in [0.25, 0.3) is 0 Å². The third kappa shape index (κ3) is 4.83. The first-order valence-electron chi connectivity index (χ1n) is 7.14. The predicted octanol–water partition coefficient (Wildman–Crippen LogP) is 4.31. The van der Waals surface area contributed by atoms with Crippen LogP contribution in [0.2, 0.25) is 0 Å². The number of rotatable bonds is 7. The predicted molar refractivity (Wildman–Crippen MR) is 78.0 cm³/mol.